The lowest BCUT2D eigenvalue weighted by Gasteiger charge is -2.22. The van der Waals surface area contributed by atoms with E-state index in [-0.39, 0.29) is 30.7 Å². The third-order valence-corrected chi connectivity index (χ3v) is 6.27. The molecule has 0 aromatic heterocycles. The Hall–Kier alpha value is -4.46. The van der Waals surface area contributed by atoms with Crippen LogP contribution in [0.5, 0.6) is 11.5 Å². The summed E-state index contributed by atoms with van der Waals surface area (Å²) in [7, 11) is 0. The Morgan fingerprint density at radius 1 is 0.732 bits per heavy atom. The van der Waals surface area contributed by atoms with Crippen LogP contribution in [0.2, 0.25) is 0 Å². The van der Waals surface area contributed by atoms with Crippen molar-refractivity contribution >= 4 is 29.3 Å². The predicted molar refractivity (Wildman–Crippen MR) is 158 cm³/mol. The molecule has 1 N–H and O–H groups in total. The van der Waals surface area contributed by atoms with Crippen LogP contribution in [0.15, 0.2) is 72.8 Å². The fraction of sp³-hybridized carbons (Fsp3) is 0.333. The van der Waals surface area contributed by atoms with Gasteiger partial charge in [0.25, 0.3) is 5.91 Å². The first-order chi connectivity index (χ1) is 19.7. The summed E-state index contributed by atoms with van der Waals surface area (Å²) in [6.45, 7) is 5.82. The van der Waals surface area contributed by atoms with Crippen molar-refractivity contribution in [2.75, 3.05) is 18.5 Å². The highest BCUT2D eigenvalue weighted by molar-refractivity contribution is 5.97. The standard InChI is InChI=1S/C33H38N2O6/c1-4-5-6-7-8-21-40-30-19-13-28(14-20-30)33(39)41-31-17-9-26(10-18-31)23-35(22-24(2)36)32(38)27-11-15-29(16-12-27)34-25(3)37/h9-20H,4-8,21-23H2,1-3H3,(H,34,37). The topological polar surface area (TPSA) is 102 Å². The van der Waals surface area contributed by atoms with Gasteiger partial charge in [0.2, 0.25) is 5.91 Å². The summed E-state index contributed by atoms with van der Waals surface area (Å²) in [6.07, 6.45) is 5.83. The lowest BCUT2D eigenvalue weighted by atomic mass is 10.1. The number of rotatable bonds is 15. The van der Waals surface area contributed by atoms with Crippen LogP contribution in [-0.2, 0) is 16.1 Å². The highest BCUT2D eigenvalue weighted by Crippen LogP contribution is 2.19. The van der Waals surface area contributed by atoms with Crippen molar-refractivity contribution in [2.24, 2.45) is 0 Å². The zero-order chi connectivity index (χ0) is 29.6. The summed E-state index contributed by atoms with van der Waals surface area (Å²) in [5, 5.41) is 2.66. The normalized spacial score (nSPS) is 10.5. The average molecular weight is 559 g/mol. The Morgan fingerprint density at radius 3 is 1.95 bits per heavy atom. The highest BCUT2D eigenvalue weighted by atomic mass is 16.5. The minimum absolute atomic E-state index is 0.0540. The zero-order valence-electron chi connectivity index (χ0n) is 24.0. The molecule has 3 aromatic carbocycles. The summed E-state index contributed by atoms with van der Waals surface area (Å²) in [4.78, 5) is 50.3. The summed E-state index contributed by atoms with van der Waals surface area (Å²) in [5.74, 6) is -0.0716. The third kappa shape index (κ3) is 10.6. The van der Waals surface area contributed by atoms with E-state index in [1.54, 1.807) is 72.8 Å². The number of ketones is 1. The Labute approximate surface area is 241 Å². The number of hydrogen-bond acceptors (Lipinski definition) is 6. The number of nitrogens with one attached hydrogen (secondary N) is 1. The average Bonchev–Trinajstić information content (AvgIpc) is 2.95. The van der Waals surface area contributed by atoms with Gasteiger partial charge in [-0.15, -0.1) is 0 Å². The van der Waals surface area contributed by atoms with E-state index in [1.165, 1.54) is 38.0 Å². The Bertz CT molecular complexity index is 1300. The Balaban J connectivity index is 1.55. The number of amides is 2. The third-order valence-electron chi connectivity index (χ3n) is 6.27. The van der Waals surface area contributed by atoms with Crippen molar-refractivity contribution < 1.29 is 28.7 Å². The van der Waals surface area contributed by atoms with Gasteiger partial charge in [-0.05, 0) is 79.6 Å². The second-order valence-electron chi connectivity index (χ2n) is 9.94. The van der Waals surface area contributed by atoms with Gasteiger partial charge < -0.3 is 19.7 Å². The molecule has 0 heterocycles. The number of anilines is 1. The molecule has 216 valence electrons. The van der Waals surface area contributed by atoms with Gasteiger partial charge in [0, 0.05) is 24.7 Å². The second kappa shape index (κ2) is 16.0. The van der Waals surface area contributed by atoms with Crippen molar-refractivity contribution in [2.45, 2.75) is 59.4 Å². The predicted octanol–water partition coefficient (Wildman–Crippen LogP) is 6.44. The van der Waals surface area contributed by atoms with Crippen LogP contribution in [0.3, 0.4) is 0 Å². The summed E-state index contributed by atoms with van der Waals surface area (Å²) in [6, 6.07) is 20.2. The molecular formula is C33H38N2O6. The van der Waals surface area contributed by atoms with E-state index in [4.69, 9.17) is 9.47 Å². The molecule has 0 saturated heterocycles. The van der Waals surface area contributed by atoms with Crippen molar-refractivity contribution in [3.05, 3.63) is 89.5 Å². The van der Waals surface area contributed by atoms with E-state index in [9.17, 15) is 19.2 Å². The number of hydrogen-bond donors (Lipinski definition) is 1. The van der Waals surface area contributed by atoms with Crippen molar-refractivity contribution in [1.82, 2.24) is 4.90 Å². The monoisotopic (exact) mass is 558 g/mol. The molecular weight excluding hydrogens is 520 g/mol. The first-order valence-corrected chi connectivity index (χ1v) is 14.0. The molecule has 0 spiro atoms. The molecule has 0 bridgehead atoms. The fourth-order valence-electron chi connectivity index (χ4n) is 4.18. The molecule has 3 aromatic rings. The molecule has 8 nitrogen and oxygen atoms in total. The molecule has 2 amide bonds. The van der Waals surface area contributed by atoms with Gasteiger partial charge >= 0.3 is 5.97 Å². The first kappa shape index (κ1) is 31.1. The maximum absolute atomic E-state index is 13.1. The molecule has 0 aliphatic carbocycles. The van der Waals surface area contributed by atoms with Crippen molar-refractivity contribution in [3.8, 4) is 11.5 Å². The molecule has 0 aliphatic rings. The summed E-state index contributed by atoms with van der Waals surface area (Å²) < 4.78 is 11.3. The van der Waals surface area contributed by atoms with Gasteiger partial charge in [0.05, 0.1) is 18.7 Å². The highest BCUT2D eigenvalue weighted by Gasteiger charge is 2.18. The van der Waals surface area contributed by atoms with Gasteiger partial charge in [0.15, 0.2) is 0 Å². The number of benzene rings is 3. The largest absolute Gasteiger partial charge is 0.494 e. The van der Waals surface area contributed by atoms with Crippen molar-refractivity contribution in [1.29, 1.82) is 0 Å². The van der Waals surface area contributed by atoms with E-state index >= 15 is 0 Å². The van der Waals surface area contributed by atoms with E-state index < -0.39 is 5.97 Å². The van der Waals surface area contributed by atoms with Gasteiger partial charge in [-0.1, -0.05) is 44.7 Å². The van der Waals surface area contributed by atoms with Crippen LogP contribution in [0.1, 0.15) is 79.2 Å². The van der Waals surface area contributed by atoms with Crippen LogP contribution in [0.4, 0.5) is 5.69 Å². The molecule has 8 heteroatoms. The number of esters is 1. The molecule has 0 aliphatic heterocycles. The molecule has 41 heavy (non-hydrogen) atoms. The zero-order valence-corrected chi connectivity index (χ0v) is 24.0. The maximum Gasteiger partial charge on any atom is 0.343 e. The summed E-state index contributed by atoms with van der Waals surface area (Å²) >= 11 is 0. The smallest absolute Gasteiger partial charge is 0.343 e. The van der Waals surface area contributed by atoms with Crippen LogP contribution in [0, 0.1) is 0 Å². The van der Waals surface area contributed by atoms with Crippen LogP contribution >= 0.6 is 0 Å². The van der Waals surface area contributed by atoms with Gasteiger partial charge in [-0.3, -0.25) is 14.4 Å². The van der Waals surface area contributed by atoms with Gasteiger partial charge in [-0.25, -0.2) is 4.79 Å². The van der Waals surface area contributed by atoms with E-state index in [0.717, 1.165) is 24.2 Å². The molecule has 3 rings (SSSR count). The lowest BCUT2D eigenvalue weighted by molar-refractivity contribution is -0.118. The number of Topliss-reactive ketones (excluding diaryl/α,β-unsaturated/α-hetero) is 1. The van der Waals surface area contributed by atoms with E-state index in [1.807, 2.05) is 0 Å². The number of ether oxygens (including phenoxy) is 2. The minimum Gasteiger partial charge on any atom is -0.494 e. The number of unbranched alkanes of at least 4 members (excludes halogenated alkanes) is 4. The molecule has 0 unspecified atom stereocenters. The lowest BCUT2D eigenvalue weighted by Crippen LogP contribution is -2.34. The van der Waals surface area contributed by atoms with E-state index in [0.29, 0.717) is 29.2 Å². The molecule has 0 atom stereocenters. The minimum atomic E-state index is -0.486. The van der Waals surface area contributed by atoms with Crippen LogP contribution in [-0.4, -0.2) is 41.6 Å². The maximum atomic E-state index is 13.1. The summed E-state index contributed by atoms with van der Waals surface area (Å²) in [5.41, 5.74) is 2.15. The van der Waals surface area contributed by atoms with Crippen LogP contribution < -0.4 is 14.8 Å². The number of carbonyl (C=O) groups is 4. The number of carbonyl (C=O) groups excluding carboxylic acids is 4. The quantitative estimate of drug-likeness (QED) is 0.131. The fourth-order valence-corrected chi connectivity index (χ4v) is 4.18. The molecule has 0 fully saturated rings. The van der Waals surface area contributed by atoms with E-state index in [2.05, 4.69) is 12.2 Å². The molecule has 0 saturated carbocycles. The van der Waals surface area contributed by atoms with Crippen molar-refractivity contribution in [3.63, 3.8) is 0 Å². The second-order valence-corrected chi connectivity index (χ2v) is 9.94. The molecule has 0 radical (unpaired) electrons. The van der Waals surface area contributed by atoms with Crippen LogP contribution in [0.25, 0.3) is 0 Å². The SMILES string of the molecule is CCCCCCCOc1ccc(C(=O)Oc2ccc(CN(CC(C)=O)C(=O)c3ccc(NC(C)=O)cc3)cc2)cc1. The van der Waals surface area contributed by atoms with Gasteiger partial charge in [-0.2, -0.15) is 0 Å². The number of nitrogens with zero attached hydrogens (tertiary/aromatic N) is 1. The van der Waals surface area contributed by atoms with Gasteiger partial charge in [0.1, 0.15) is 17.3 Å². The Kier molecular flexibility index (Phi) is 12.1. The Morgan fingerprint density at radius 2 is 1.34 bits per heavy atom. The first-order valence-electron chi connectivity index (χ1n) is 14.0.